The number of amides is 1. The van der Waals surface area contributed by atoms with Gasteiger partial charge in [-0.25, -0.2) is 4.79 Å². The number of nitrogens with one attached hydrogen (secondary N) is 1. The summed E-state index contributed by atoms with van der Waals surface area (Å²) in [6.07, 6.45) is 1.68. The Morgan fingerprint density at radius 1 is 1.15 bits per heavy atom. The minimum Gasteiger partial charge on any atom is -0.497 e. The summed E-state index contributed by atoms with van der Waals surface area (Å²) in [7, 11) is 3.01. The highest BCUT2D eigenvalue weighted by Crippen LogP contribution is 2.29. The zero-order valence-electron chi connectivity index (χ0n) is 15.1. The molecule has 1 N–H and O–H groups in total. The molecule has 1 heterocycles. The second kappa shape index (κ2) is 8.75. The molecule has 0 spiro atoms. The SMILES string of the molecule is COc1ccc(OC)c(NC(=O)C(C)OC(=O)/C=C/c2ccc(C)o2)c1. The maximum Gasteiger partial charge on any atom is 0.331 e. The zero-order valence-corrected chi connectivity index (χ0v) is 15.1. The summed E-state index contributed by atoms with van der Waals surface area (Å²) in [6, 6.07) is 8.50. The van der Waals surface area contributed by atoms with Crippen LogP contribution >= 0.6 is 0 Å². The van der Waals surface area contributed by atoms with Crippen molar-refractivity contribution < 1.29 is 28.2 Å². The lowest BCUT2D eigenvalue weighted by atomic mass is 10.2. The van der Waals surface area contributed by atoms with Gasteiger partial charge >= 0.3 is 5.97 Å². The molecule has 1 unspecified atom stereocenters. The molecule has 2 rings (SSSR count). The number of rotatable bonds is 7. The van der Waals surface area contributed by atoms with Crippen LogP contribution in [0, 0.1) is 6.92 Å². The van der Waals surface area contributed by atoms with Gasteiger partial charge in [-0.3, -0.25) is 4.79 Å². The molecule has 0 saturated carbocycles. The minimum atomic E-state index is -0.999. The van der Waals surface area contributed by atoms with Crippen LogP contribution in [-0.4, -0.2) is 32.2 Å². The molecule has 7 heteroatoms. The summed E-state index contributed by atoms with van der Waals surface area (Å²) in [5, 5.41) is 2.65. The van der Waals surface area contributed by atoms with Crippen LogP contribution in [0.15, 0.2) is 40.8 Å². The highest BCUT2D eigenvalue weighted by Gasteiger charge is 2.18. The molecule has 1 atom stereocenters. The maximum absolute atomic E-state index is 12.3. The van der Waals surface area contributed by atoms with E-state index in [4.69, 9.17) is 18.6 Å². The van der Waals surface area contributed by atoms with Gasteiger partial charge in [0.1, 0.15) is 23.0 Å². The summed E-state index contributed by atoms with van der Waals surface area (Å²) in [6.45, 7) is 3.28. The van der Waals surface area contributed by atoms with Crippen molar-refractivity contribution in [3.05, 3.63) is 47.9 Å². The molecule has 0 bridgehead atoms. The first kappa shape index (κ1) is 19.1. The van der Waals surface area contributed by atoms with Crippen LogP contribution in [-0.2, 0) is 14.3 Å². The lowest BCUT2D eigenvalue weighted by Gasteiger charge is -2.15. The molecule has 1 aromatic heterocycles. The van der Waals surface area contributed by atoms with Gasteiger partial charge in [-0.05, 0) is 44.2 Å². The standard InChI is InChI=1S/C19H21NO6/c1-12-5-6-14(25-12)8-10-18(21)26-13(2)19(22)20-16-11-15(23-3)7-9-17(16)24-4/h5-11,13H,1-4H3,(H,20,22)/b10-8+. The first-order valence-corrected chi connectivity index (χ1v) is 7.91. The second-order valence-corrected chi connectivity index (χ2v) is 5.42. The highest BCUT2D eigenvalue weighted by atomic mass is 16.5. The third kappa shape index (κ3) is 5.14. The van der Waals surface area contributed by atoms with Gasteiger partial charge in [0, 0.05) is 12.1 Å². The molecular weight excluding hydrogens is 338 g/mol. The largest absolute Gasteiger partial charge is 0.497 e. The Bertz CT molecular complexity index is 808. The number of methoxy groups -OCH3 is 2. The summed E-state index contributed by atoms with van der Waals surface area (Å²) < 4.78 is 20.7. The molecule has 138 valence electrons. The number of anilines is 1. The van der Waals surface area contributed by atoms with Crippen LogP contribution in [0.2, 0.25) is 0 Å². The number of benzene rings is 1. The van der Waals surface area contributed by atoms with Crippen LogP contribution in [0.25, 0.3) is 6.08 Å². The van der Waals surface area contributed by atoms with Crippen molar-refractivity contribution in [2.45, 2.75) is 20.0 Å². The Balaban J connectivity index is 1.97. The fraction of sp³-hybridized carbons (Fsp3) is 0.263. The molecule has 7 nitrogen and oxygen atoms in total. The fourth-order valence-electron chi connectivity index (χ4n) is 2.11. The maximum atomic E-state index is 12.3. The number of hydrogen-bond donors (Lipinski definition) is 1. The van der Waals surface area contributed by atoms with E-state index in [2.05, 4.69) is 5.32 Å². The van der Waals surface area contributed by atoms with Crippen molar-refractivity contribution in [2.75, 3.05) is 19.5 Å². The predicted octanol–water partition coefficient (Wildman–Crippen LogP) is 3.19. The normalized spacial score (nSPS) is 11.8. The van der Waals surface area contributed by atoms with E-state index in [0.717, 1.165) is 5.76 Å². The summed E-state index contributed by atoms with van der Waals surface area (Å²) >= 11 is 0. The van der Waals surface area contributed by atoms with E-state index in [9.17, 15) is 9.59 Å². The Labute approximate surface area is 151 Å². The summed E-state index contributed by atoms with van der Waals surface area (Å²) in [5.74, 6) is 1.13. The third-order valence-corrected chi connectivity index (χ3v) is 3.47. The lowest BCUT2D eigenvalue weighted by Crippen LogP contribution is -2.29. The van der Waals surface area contributed by atoms with E-state index in [1.165, 1.54) is 33.3 Å². The van der Waals surface area contributed by atoms with Crippen molar-refractivity contribution in [1.82, 2.24) is 0 Å². The van der Waals surface area contributed by atoms with E-state index < -0.39 is 18.0 Å². The Morgan fingerprint density at radius 2 is 1.92 bits per heavy atom. The number of esters is 1. The number of carbonyl (C=O) groups is 2. The Kier molecular flexibility index (Phi) is 6.43. The van der Waals surface area contributed by atoms with Crippen LogP contribution < -0.4 is 14.8 Å². The number of ether oxygens (including phenoxy) is 3. The van der Waals surface area contributed by atoms with Crippen molar-refractivity contribution in [3.8, 4) is 11.5 Å². The van der Waals surface area contributed by atoms with Gasteiger partial charge in [0.15, 0.2) is 6.10 Å². The van der Waals surface area contributed by atoms with Crippen molar-refractivity contribution >= 4 is 23.6 Å². The molecule has 0 aliphatic rings. The summed E-state index contributed by atoms with van der Waals surface area (Å²) in [4.78, 5) is 24.1. The van der Waals surface area contributed by atoms with E-state index in [0.29, 0.717) is 22.9 Å². The van der Waals surface area contributed by atoms with Crippen LogP contribution in [0.1, 0.15) is 18.4 Å². The average Bonchev–Trinajstić information content (AvgIpc) is 3.05. The Morgan fingerprint density at radius 3 is 2.54 bits per heavy atom. The third-order valence-electron chi connectivity index (χ3n) is 3.47. The predicted molar refractivity (Wildman–Crippen MR) is 96.2 cm³/mol. The van der Waals surface area contributed by atoms with Gasteiger partial charge in [-0.1, -0.05) is 0 Å². The van der Waals surface area contributed by atoms with Gasteiger partial charge < -0.3 is 23.9 Å². The first-order valence-electron chi connectivity index (χ1n) is 7.91. The number of carbonyl (C=O) groups excluding carboxylic acids is 2. The lowest BCUT2D eigenvalue weighted by molar-refractivity contribution is -0.148. The van der Waals surface area contributed by atoms with Gasteiger partial charge in [0.2, 0.25) is 0 Å². The topological polar surface area (TPSA) is 87.0 Å². The molecule has 0 radical (unpaired) electrons. The first-order chi connectivity index (χ1) is 12.4. The second-order valence-electron chi connectivity index (χ2n) is 5.42. The number of furan rings is 1. The van der Waals surface area contributed by atoms with E-state index >= 15 is 0 Å². The van der Waals surface area contributed by atoms with Crippen molar-refractivity contribution in [1.29, 1.82) is 0 Å². The van der Waals surface area contributed by atoms with Gasteiger partial charge in [0.05, 0.1) is 19.9 Å². The van der Waals surface area contributed by atoms with Gasteiger partial charge in [-0.15, -0.1) is 0 Å². The van der Waals surface area contributed by atoms with Crippen molar-refractivity contribution in [2.24, 2.45) is 0 Å². The van der Waals surface area contributed by atoms with Crippen LogP contribution in [0.3, 0.4) is 0 Å². The van der Waals surface area contributed by atoms with Crippen LogP contribution in [0.4, 0.5) is 5.69 Å². The molecule has 0 saturated heterocycles. The quantitative estimate of drug-likeness (QED) is 0.603. The summed E-state index contributed by atoms with van der Waals surface area (Å²) in [5.41, 5.74) is 0.418. The molecule has 0 aliphatic carbocycles. The average molecular weight is 359 g/mol. The molecule has 0 aliphatic heterocycles. The zero-order chi connectivity index (χ0) is 19.1. The van der Waals surface area contributed by atoms with Crippen LogP contribution in [0.5, 0.6) is 11.5 Å². The van der Waals surface area contributed by atoms with E-state index in [1.54, 1.807) is 37.3 Å². The van der Waals surface area contributed by atoms with Gasteiger partial charge in [-0.2, -0.15) is 0 Å². The fourth-order valence-corrected chi connectivity index (χ4v) is 2.11. The molecule has 2 aromatic rings. The monoisotopic (exact) mass is 359 g/mol. The van der Waals surface area contributed by atoms with Gasteiger partial charge in [0.25, 0.3) is 5.91 Å². The molecule has 1 aromatic carbocycles. The molecule has 26 heavy (non-hydrogen) atoms. The number of hydrogen-bond acceptors (Lipinski definition) is 6. The highest BCUT2D eigenvalue weighted by molar-refractivity contribution is 5.97. The Hall–Kier alpha value is -3.22. The molecular formula is C19H21NO6. The minimum absolute atomic E-state index is 0.418. The number of aryl methyl sites for hydroxylation is 1. The van der Waals surface area contributed by atoms with E-state index in [-0.39, 0.29) is 0 Å². The van der Waals surface area contributed by atoms with E-state index in [1.807, 2.05) is 0 Å². The molecule has 1 amide bonds. The smallest absolute Gasteiger partial charge is 0.331 e. The van der Waals surface area contributed by atoms with Crippen molar-refractivity contribution in [3.63, 3.8) is 0 Å². The molecule has 0 fully saturated rings.